The lowest BCUT2D eigenvalue weighted by Gasteiger charge is -2.21. The summed E-state index contributed by atoms with van der Waals surface area (Å²) in [6.45, 7) is 0.297. The van der Waals surface area contributed by atoms with Gasteiger partial charge in [-0.25, -0.2) is 0 Å². The van der Waals surface area contributed by atoms with Crippen LogP contribution in [-0.4, -0.2) is 18.1 Å². The Hall–Kier alpha value is -1.57. The molecule has 2 nitrogen and oxygen atoms in total. The number of alkyl halides is 6. The SMILES string of the molecule is O=C(c1ccc2c(c1)COC2)C(C(F)(F)F)C(F)(F)F. The lowest BCUT2D eigenvalue weighted by molar-refractivity contribution is -0.264. The van der Waals surface area contributed by atoms with Crippen LogP contribution in [0.3, 0.4) is 0 Å². The van der Waals surface area contributed by atoms with E-state index in [9.17, 15) is 31.1 Å². The highest BCUT2D eigenvalue weighted by Gasteiger charge is 2.60. The first-order valence-electron chi connectivity index (χ1n) is 5.48. The zero-order valence-electron chi connectivity index (χ0n) is 9.81. The van der Waals surface area contributed by atoms with Gasteiger partial charge < -0.3 is 4.74 Å². The maximum atomic E-state index is 12.5. The fourth-order valence-electron chi connectivity index (χ4n) is 1.97. The average molecular weight is 298 g/mol. The third-order valence-corrected chi connectivity index (χ3v) is 2.92. The zero-order valence-corrected chi connectivity index (χ0v) is 9.81. The van der Waals surface area contributed by atoms with Crippen LogP contribution < -0.4 is 0 Å². The van der Waals surface area contributed by atoms with E-state index in [1.807, 2.05) is 0 Å². The Morgan fingerprint density at radius 2 is 1.55 bits per heavy atom. The lowest BCUT2D eigenvalue weighted by atomic mass is 9.94. The smallest absolute Gasteiger partial charge is 0.372 e. The van der Waals surface area contributed by atoms with Gasteiger partial charge in [0.2, 0.25) is 5.92 Å². The van der Waals surface area contributed by atoms with Gasteiger partial charge in [-0.1, -0.05) is 12.1 Å². The van der Waals surface area contributed by atoms with E-state index in [4.69, 9.17) is 4.74 Å². The molecule has 0 radical (unpaired) electrons. The van der Waals surface area contributed by atoms with Crippen molar-refractivity contribution in [2.45, 2.75) is 25.6 Å². The number of carbonyl (C=O) groups is 1. The number of Topliss-reactive ketones (excluding diaryl/α,β-unsaturated/α-hetero) is 1. The quantitative estimate of drug-likeness (QED) is 0.615. The molecule has 1 heterocycles. The van der Waals surface area contributed by atoms with E-state index in [1.54, 1.807) is 0 Å². The molecule has 0 aliphatic carbocycles. The highest BCUT2D eigenvalue weighted by molar-refractivity contribution is 5.99. The lowest BCUT2D eigenvalue weighted by Crippen LogP contribution is -2.42. The van der Waals surface area contributed by atoms with Crippen molar-refractivity contribution >= 4 is 5.78 Å². The second-order valence-electron chi connectivity index (χ2n) is 4.36. The fourth-order valence-corrected chi connectivity index (χ4v) is 1.97. The fraction of sp³-hybridized carbons (Fsp3) is 0.417. The molecule has 0 bridgehead atoms. The Balaban J connectivity index is 2.38. The molecule has 0 saturated heterocycles. The summed E-state index contributed by atoms with van der Waals surface area (Å²) >= 11 is 0. The van der Waals surface area contributed by atoms with Gasteiger partial charge in [0.1, 0.15) is 0 Å². The first kappa shape index (κ1) is 14.8. The van der Waals surface area contributed by atoms with E-state index < -0.39 is 29.6 Å². The number of benzene rings is 1. The minimum Gasteiger partial charge on any atom is -0.372 e. The predicted molar refractivity (Wildman–Crippen MR) is 54.9 cm³/mol. The largest absolute Gasteiger partial charge is 0.407 e. The van der Waals surface area contributed by atoms with Crippen LogP contribution >= 0.6 is 0 Å². The van der Waals surface area contributed by atoms with Crippen molar-refractivity contribution in [3.63, 3.8) is 0 Å². The van der Waals surface area contributed by atoms with Crippen LogP contribution in [0.1, 0.15) is 21.5 Å². The summed E-state index contributed by atoms with van der Waals surface area (Å²) in [6.07, 6.45) is -11.4. The second-order valence-corrected chi connectivity index (χ2v) is 4.36. The minimum atomic E-state index is -5.68. The number of halogens is 6. The molecule has 8 heteroatoms. The molecule has 0 fully saturated rings. The van der Waals surface area contributed by atoms with Gasteiger partial charge in [0.05, 0.1) is 13.2 Å². The van der Waals surface area contributed by atoms with Gasteiger partial charge in [0.15, 0.2) is 5.78 Å². The van der Waals surface area contributed by atoms with Gasteiger partial charge in [0, 0.05) is 5.56 Å². The number of carbonyl (C=O) groups excluding carboxylic acids is 1. The zero-order chi connectivity index (χ0) is 15.1. The molecular weight excluding hydrogens is 290 g/mol. The Bertz CT molecular complexity index is 518. The predicted octanol–water partition coefficient (Wildman–Crippen LogP) is 3.64. The van der Waals surface area contributed by atoms with E-state index in [1.165, 1.54) is 6.07 Å². The highest BCUT2D eigenvalue weighted by atomic mass is 19.4. The number of rotatable bonds is 2. The number of hydrogen-bond acceptors (Lipinski definition) is 2. The molecule has 1 aromatic rings. The molecule has 0 saturated carbocycles. The minimum absolute atomic E-state index is 0.0686. The van der Waals surface area contributed by atoms with Crippen LogP contribution in [0, 0.1) is 5.92 Å². The normalized spacial score (nSPS) is 15.6. The van der Waals surface area contributed by atoms with Crippen molar-refractivity contribution in [2.75, 3.05) is 0 Å². The van der Waals surface area contributed by atoms with Crippen LogP contribution in [0.4, 0.5) is 26.3 Å². The number of ketones is 1. The van der Waals surface area contributed by atoms with Crippen LogP contribution in [-0.2, 0) is 18.0 Å². The van der Waals surface area contributed by atoms with Crippen LogP contribution in [0.2, 0.25) is 0 Å². The standard InChI is InChI=1S/C12H8F6O2/c13-11(14,15)10(12(16,17)18)9(19)6-1-2-7-4-20-5-8(7)3-6/h1-3,10H,4-5H2. The summed E-state index contributed by atoms with van der Waals surface area (Å²) in [4.78, 5) is 11.6. The summed E-state index contributed by atoms with van der Waals surface area (Å²) < 4.78 is 79.8. The van der Waals surface area contributed by atoms with Crippen LogP contribution in [0.15, 0.2) is 18.2 Å². The van der Waals surface area contributed by atoms with Crippen LogP contribution in [0.5, 0.6) is 0 Å². The van der Waals surface area contributed by atoms with Gasteiger partial charge in [-0.2, -0.15) is 26.3 Å². The molecule has 110 valence electrons. The van der Waals surface area contributed by atoms with Gasteiger partial charge in [-0.3, -0.25) is 4.79 Å². The van der Waals surface area contributed by atoms with Crippen molar-refractivity contribution < 1.29 is 35.9 Å². The monoisotopic (exact) mass is 298 g/mol. The van der Waals surface area contributed by atoms with E-state index in [-0.39, 0.29) is 13.2 Å². The van der Waals surface area contributed by atoms with Gasteiger partial charge in [0.25, 0.3) is 0 Å². The molecule has 2 rings (SSSR count). The Kier molecular flexibility index (Phi) is 3.53. The van der Waals surface area contributed by atoms with E-state index >= 15 is 0 Å². The Morgan fingerprint density at radius 3 is 2.10 bits per heavy atom. The summed E-state index contributed by atoms with van der Waals surface area (Å²) in [7, 11) is 0. The molecule has 0 unspecified atom stereocenters. The third kappa shape index (κ3) is 2.79. The Labute approximate surface area is 109 Å². The second kappa shape index (κ2) is 4.76. The maximum Gasteiger partial charge on any atom is 0.407 e. The molecule has 1 aliphatic heterocycles. The molecular formula is C12H8F6O2. The molecule has 0 amide bonds. The summed E-state index contributed by atoms with van der Waals surface area (Å²) in [5.41, 5.74) is 0.463. The highest BCUT2D eigenvalue weighted by Crippen LogP contribution is 2.41. The van der Waals surface area contributed by atoms with Crippen molar-refractivity contribution in [3.05, 3.63) is 34.9 Å². The summed E-state index contributed by atoms with van der Waals surface area (Å²) in [5.74, 6) is -6.00. The molecule has 20 heavy (non-hydrogen) atoms. The van der Waals surface area contributed by atoms with Crippen molar-refractivity contribution in [1.82, 2.24) is 0 Å². The van der Waals surface area contributed by atoms with E-state index in [2.05, 4.69) is 0 Å². The molecule has 0 atom stereocenters. The first-order chi connectivity index (χ1) is 9.10. The van der Waals surface area contributed by atoms with E-state index in [0.29, 0.717) is 11.1 Å². The topological polar surface area (TPSA) is 26.3 Å². The van der Waals surface area contributed by atoms with Crippen molar-refractivity contribution in [1.29, 1.82) is 0 Å². The maximum absolute atomic E-state index is 12.5. The number of fused-ring (bicyclic) bond motifs is 1. The number of ether oxygens (including phenoxy) is 1. The summed E-state index contributed by atoms with van der Waals surface area (Å²) in [6, 6.07) is 3.29. The average Bonchev–Trinajstić information content (AvgIpc) is 2.71. The van der Waals surface area contributed by atoms with E-state index in [0.717, 1.165) is 12.1 Å². The molecule has 0 aromatic heterocycles. The molecule has 0 N–H and O–H groups in total. The Morgan fingerprint density at radius 1 is 1.00 bits per heavy atom. The van der Waals surface area contributed by atoms with Gasteiger partial charge in [-0.15, -0.1) is 0 Å². The third-order valence-electron chi connectivity index (χ3n) is 2.92. The van der Waals surface area contributed by atoms with Gasteiger partial charge in [-0.05, 0) is 17.2 Å². The molecule has 0 spiro atoms. The van der Waals surface area contributed by atoms with Gasteiger partial charge >= 0.3 is 12.4 Å². The van der Waals surface area contributed by atoms with Crippen molar-refractivity contribution in [2.24, 2.45) is 5.92 Å². The summed E-state index contributed by atoms with van der Waals surface area (Å²) in [5, 5.41) is 0. The number of hydrogen-bond donors (Lipinski definition) is 0. The first-order valence-corrected chi connectivity index (χ1v) is 5.48. The van der Waals surface area contributed by atoms with Crippen LogP contribution in [0.25, 0.3) is 0 Å². The molecule has 1 aromatic carbocycles. The molecule has 1 aliphatic rings. The van der Waals surface area contributed by atoms with Crippen molar-refractivity contribution in [3.8, 4) is 0 Å².